The quantitative estimate of drug-likeness (QED) is 0.727. The van der Waals surface area contributed by atoms with E-state index in [-0.39, 0.29) is 12.5 Å². The molecule has 0 heterocycles. The maximum absolute atomic E-state index is 12.0. The SMILES string of the molecule is CC[C@H](C)[C@](C)(O)CNC(=O)C(=O)Nc1ccc2c(c1)CCC2. The summed E-state index contributed by atoms with van der Waals surface area (Å²) in [5, 5.41) is 15.4. The van der Waals surface area contributed by atoms with Crippen LogP contribution < -0.4 is 10.6 Å². The van der Waals surface area contributed by atoms with Gasteiger partial charge in [0.15, 0.2) is 0 Å². The number of benzene rings is 1. The van der Waals surface area contributed by atoms with Crippen LogP contribution in [0.25, 0.3) is 0 Å². The zero-order valence-corrected chi connectivity index (χ0v) is 14.1. The van der Waals surface area contributed by atoms with Gasteiger partial charge in [-0.15, -0.1) is 0 Å². The zero-order valence-electron chi connectivity index (χ0n) is 14.1. The third-order valence-corrected chi connectivity index (χ3v) is 4.84. The van der Waals surface area contributed by atoms with E-state index in [9.17, 15) is 14.7 Å². The lowest BCUT2D eigenvalue weighted by Gasteiger charge is -2.29. The summed E-state index contributed by atoms with van der Waals surface area (Å²) in [4.78, 5) is 23.9. The molecule has 5 heteroatoms. The molecule has 0 fully saturated rings. The van der Waals surface area contributed by atoms with E-state index in [4.69, 9.17) is 0 Å². The van der Waals surface area contributed by atoms with Crippen molar-refractivity contribution < 1.29 is 14.7 Å². The third-order valence-electron chi connectivity index (χ3n) is 4.84. The van der Waals surface area contributed by atoms with Crippen molar-refractivity contribution in [1.82, 2.24) is 5.32 Å². The van der Waals surface area contributed by atoms with Gasteiger partial charge in [-0.2, -0.15) is 0 Å². The Morgan fingerprint density at radius 2 is 1.96 bits per heavy atom. The molecule has 0 saturated heterocycles. The lowest BCUT2D eigenvalue weighted by molar-refractivity contribution is -0.137. The third kappa shape index (κ3) is 4.32. The fraction of sp³-hybridized carbons (Fsp3) is 0.556. The number of rotatable bonds is 5. The van der Waals surface area contributed by atoms with Crippen LogP contribution in [0.5, 0.6) is 0 Å². The normalized spacial score (nSPS) is 17.0. The van der Waals surface area contributed by atoms with Crippen molar-refractivity contribution in [3.8, 4) is 0 Å². The Hall–Kier alpha value is -1.88. The molecule has 0 radical (unpaired) electrons. The van der Waals surface area contributed by atoms with Crippen LogP contribution in [0, 0.1) is 5.92 Å². The molecule has 0 aliphatic heterocycles. The highest BCUT2D eigenvalue weighted by molar-refractivity contribution is 6.39. The van der Waals surface area contributed by atoms with Gasteiger partial charge in [0.1, 0.15) is 0 Å². The number of amides is 2. The molecule has 1 aromatic rings. The van der Waals surface area contributed by atoms with Crippen LogP contribution in [0.4, 0.5) is 5.69 Å². The maximum Gasteiger partial charge on any atom is 0.313 e. The highest BCUT2D eigenvalue weighted by Gasteiger charge is 2.28. The molecule has 0 aromatic heterocycles. The minimum atomic E-state index is -1.03. The number of carbonyl (C=O) groups is 2. The molecule has 1 aliphatic rings. The molecular formula is C18H26N2O3. The molecule has 0 unspecified atom stereocenters. The molecule has 1 aliphatic carbocycles. The van der Waals surface area contributed by atoms with Crippen molar-refractivity contribution in [1.29, 1.82) is 0 Å². The molecule has 2 rings (SSSR count). The van der Waals surface area contributed by atoms with Crippen LogP contribution in [0.2, 0.25) is 0 Å². The standard InChI is InChI=1S/C18H26N2O3/c1-4-12(2)18(3,23)11-19-16(21)17(22)20-15-9-8-13-6-5-7-14(13)10-15/h8-10,12,23H,4-7,11H2,1-3H3,(H,19,21)(H,20,22)/t12-,18+/m0/s1. The van der Waals surface area contributed by atoms with Gasteiger partial charge in [0.2, 0.25) is 0 Å². The minimum Gasteiger partial charge on any atom is -0.388 e. The lowest BCUT2D eigenvalue weighted by Crippen LogP contribution is -2.47. The largest absolute Gasteiger partial charge is 0.388 e. The van der Waals surface area contributed by atoms with E-state index >= 15 is 0 Å². The van der Waals surface area contributed by atoms with Crippen molar-refractivity contribution in [2.24, 2.45) is 5.92 Å². The van der Waals surface area contributed by atoms with Gasteiger partial charge < -0.3 is 15.7 Å². The first-order valence-corrected chi connectivity index (χ1v) is 8.27. The van der Waals surface area contributed by atoms with Crippen LogP contribution in [0.1, 0.15) is 44.7 Å². The maximum atomic E-state index is 12.0. The van der Waals surface area contributed by atoms with Crippen molar-refractivity contribution in [2.75, 3.05) is 11.9 Å². The van der Waals surface area contributed by atoms with E-state index in [1.54, 1.807) is 6.92 Å². The van der Waals surface area contributed by atoms with Crippen LogP contribution in [0.3, 0.4) is 0 Å². The molecule has 3 N–H and O–H groups in total. The first-order chi connectivity index (χ1) is 10.8. The second-order valence-electron chi connectivity index (χ2n) is 6.64. The zero-order chi connectivity index (χ0) is 17.0. The van der Waals surface area contributed by atoms with Crippen LogP contribution >= 0.6 is 0 Å². The Labute approximate surface area is 137 Å². The van der Waals surface area contributed by atoms with Gasteiger partial charge in [-0.25, -0.2) is 0 Å². The summed E-state index contributed by atoms with van der Waals surface area (Å²) in [6.45, 7) is 5.61. The Balaban J connectivity index is 1.89. The number of hydrogen-bond donors (Lipinski definition) is 3. The summed E-state index contributed by atoms with van der Waals surface area (Å²) >= 11 is 0. The average molecular weight is 318 g/mol. The fourth-order valence-electron chi connectivity index (χ4n) is 2.79. The van der Waals surface area contributed by atoms with Crippen LogP contribution in [-0.2, 0) is 22.4 Å². The van der Waals surface area contributed by atoms with E-state index < -0.39 is 17.4 Å². The number of fused-ring (bicyclic) bond motifs is 1. The number of nitrogens with one attached hydrogen (secondary N) is 2. The van der Waals surface area contributed by atoms with E-state index in [1.807, 2.05) is 32.0 Å². The van der Waals surface area contributed by atoms with Gasteiger partial charge in [-0.3, -0.25) is 9.59 Å². The van der Waals surface area contributed by atoms with Gasteiger partial charge in [0, 0.05) is 12.2 Å². The van der Waals surface area contributed by atoms with Crippen LogP contribution in [0.15, 0.2) is 18.2 Å². The Morgan fingerprint density at radius 3 is 2.65 bits per heavy atom. The summed E-state index contributed by atoms with van der Waals surface area (Å²) in [5.74, 6) is -1.40. The molecule has 5 nitrogen and oxygen atoms in total. The minimum absolute atomic E-state index is 0.0302. The number of anilines is 1. The molecule has 0 bridgehead atoms. The van der Waals surface area contributed by atoms with Crippen LogP contribution in [-0.4, -0.2) is 29.1 Å². The van der Waals surface area contributed by atoms with Gasteiger partial charge in [-0.1, -0.05) is 26.3 Å². The van der Waals surface area contributed by atoms with Crippen molar-refractivity contribution in [3.05, 3.63) is 29.3 Å². The first kappa shape index (κ1) is 17.5. The number of aliphatic hydroxyl groups is 1. The summed E-state index contributed by atoms with van der Waals surface area (Å²) in [5.41, 5.74) is 2.16. The van der Waals surface area contributed by atoms with Crippen molar-refractivity contribution >= 4 is 17.5 Å². The van der Waals surface area contributed by atoms with Crippen molar-refractivity contribution in [2.45, 2.75) is 52.1 Å². The average Bonchev–Trinajstić information content (AvgIpc) is 2.99. The molecule has 0 spiro atoms. The van der Waals surface area contributed by atoms with Gasteiger partial charge in [0.05, 0.1) is 5.60 Å². The Kier molecular flexibility index (Phi) is 5.42. The summed E-state index contributed by atoms with van der Waals surface area (Å²) in [6, 6.07) is 5.76. The van der Waals surface area contributed by atoms with Gasteiger partial charge >= 0.3 is 11.8 Å². The second kappa shape index (κ2) is 7.13. The predicted molar refractivity (Wildman–Crippen MR) is 90.2 cm³/mol. The van der Waals surface area contributed by atoms with Gasteiger partial charge in [-0.05, 0) is 55.4 Å². The molecular weight excluding hydrogens is 292 g/mol. The highest BCUT2D eigenvalue weighted by atomic mass is 16.3. The molecule has 2 atom stereocenters. The summed E-state index contributed by atoms with van der Waals surface area (Å²) in [7, 11) is 0. The topological polar surface area (TPSA) is 78.4 Å². The first-order valence-electron chi connectivity index (χ1n) is 8.27. The molecule has 0 saturated carbocycles. The van der Waals surface area contributed by atoms with E-state index in [2.05, 4.69) is 10.6 Å². The molecule has 23 heavy (non-hydrogen) atoms. The Morgan fingerprint density at radius 1 is 1.26 bits per heavy atom. The molecule has 1 aromatic carbocycles. The Bertz CT molecular complexity index is 596. The summed E-state index contributed by atoms with van der Waals surface area (Å²) in [6.07, 6.45) is 4.03. The molecule has 126 valence electrons. The smallest absolute Gasteiger partial charge is 0.313 e. The molecule has 2 amide bonds. The monoisotopic (exact) mass is 318 g/mol. The number of carbonyl (C=O) groups excluding carboxylic acids is 2. The van der Waals surface area contributed by atoms with Gasteiger partial charge in [0.25, 0.3) is 0 Å². The van der Waals surface area contributed by atoms with E-state index in [0.717, 1.165) is 25.7 Å². The predicted octanol–water partition coefficient (Wildman–Crippen LogP) is 2.03. The number of hydrogen-bond acceptors (Lipinski definition) is 3. The lowest BCUT2D eigenvalue weighted by atomic mass is 9.89. The van der Waals surface area contributed by atoms with E-state index in [1.165, 1.54) is 11.1 Å². The van der Waals surface area contributed by atoms with E-state index in [0.29, 0.717) is 5.69 Å². The summed E-state index contributed by atoms with van der Waals surface area (Å²) < 4.78 is 0. The fourth-order valence-corrected chi connectivity index (χ4v) is 2.79. The second-order valence-corrected chi connectivity index (χ2v) is 6.64. The highest BCUT2D eigenvalue weighted by Crippen LogP contribution is 2.24. The number of aryl methyl sites for hydroxylation is 2. The van der Waals surface area contributed by atoms with Crippen molar-refractivity contribution in [3.63, 3.8) is 0 Å².